The Labute approximate surface area is 153 Å². The number of hydrogen-bond donors (Lipinski definition) is 0. The maximum Gasteiger partial charge on any atom is 0.357 e. The van der Waals surface area contributed by atoms with Gasteiger partial charge in [-0.15, -0.1) is 0 Å². The van der Waals surface area contributed by atoms with Crippen LogP contribution in [0.25, 0.3) is 0 Å². The first-order valence-electron chi connectivity index (χ1n) is 7.22. The normalized spacial score (nSPS) is 10.5. The number of rotatable bonds is 4. The molecule has 0 N–H and O–H groups in total. The molecule has 3 nitrogen and oxygen atoms in total. The first-order chi connectivity index (χ1) is 11.6. The highest BCUT2D eigenvalue weighted by Gasteiger charge is 2.13. The highest BCUT2D eigenvalue weighted by molar-refractivity contribution is 7.86. The quantitative estimate of drug-likeness (QED) is 0.435. The minimum absolute atomic E-state index is 0.0287. The van der Waals surface area contributed by atoms with Gasteiger partial charge >= 0.3 is 21.2 Å². The number of benzene rings is 3. The fourth-order valence-electron chi connectivity index (χ4n) is 1.76. The van der Waals surface area contributed by atoms with Crippen LogP contribution in [-0.2, 0) is 14.3 Å². The highest BCUT2D eigenvalue weighted by atomic mass is 127. The minimum atomic E-state index is -3.50. The lowest BCUT2D eigenvalue weighted by molar-refractivity contribution is -0.597. The molecule has 0 radical (unpaired) electrons. The minimum Gasteiger partial charge on any atom is -0.270 e. The van der Waals surface area contributed by atoms with Crippen LogP contribution in [0, 0.1) is 7.14 Å². The maximum absolute atomic E-state index is 11.0. The van der Waals surface area contributed by atoms with Crippen LogP contribution in [0.3, 0.4) is 0 Å². The van der Waals surface area contributed by atoms with Crippen molar-refractivity contribution in [2.75, 3.05) is 7.11 Å². The van der Waals surface area contributed by atoms with E-state index in [1.165, 1.54) is 19.3 Å². The second kappa shape index (κ2) is 9.56. The first-order valence-corrected chi connectivity index (χ1v) is 10.8. The van der Waals surface area contributed by atoms with Gasteiger partial charge in [0.1, 0.15) is 0 Å². The second-order valence-corrected chi connectivity index (χ2v) is 9.36. The van der Waals surface area contributed by atoms with E-state index in [2.05, 4.69) is 64.8 Å². The molecule has 124 valence electrons. The third kappa shape index (κ3) is 6.07. The summed E-state index contributed by atoms with van der Waals surface area (Å²) in [5.74, 6) is 0. The lowest BCUT2D eigenvalue weighted by Crippen LogP contribution is -3.61. The average molecular weight is 453 g/mol. The van der Waals surface area contributed by atoms with Crippen molar-refractivity contribution in [2.45, 2.75) is 4.90 Å². The summed E-state index contributed by atoms with van der Waals surface area (Å²) in [5.41, 5.74) is 0. The molecule has 3 rings (SSSR count). The molecular formula is C19H18IO3S+. The lowest BCUT2D eigenvalue weighted by atomic mass is 10.4. The Morgan fingerprint density at radius 2 is 1.04 bits per heavy atom. The molecule has 5 heteroatoms. The van der Waals surface area contributed by atoms with E-state index < -0.39 is 10.1 Å². The summed E-state index contributed by atoms with van der Waals surface area (Å²) in [7, 11) is -2.36. The molecule has 0 amide bonds. The smallest absolute Gasteiger partial charge is 0.270 e. The summed E-state index contributed by atoms with van der Waals surface area (Å²) in [6.45, 7) is 0. The molecule has 24 heavy (non-hydrogen) atoms. The Morgan fingerprint density at radius 1 is 0.667 bits per heavy atom. The SMILES string of the molecule is COS(=O)(=O)c1ccccc1.c1ccc([I+]c2ccccc2)cc1. The van der Waals surface area contributed by atoms with Gasteiger partial charge in [-0.3, -0.25) is 4.18 Å². The van der Waals surface area contributed by atoms with E-state index >= 15 is 0 Å². The average Bonchev–Trinajstić information content (AvgIpc) is 2.65. The van der Waals surface area contributed by atoms with Crippen LogP contribution in [0.2, 0.25) is 0 Å². The summed E-state index contributed by atoms with van der Waals surface area (Å²) >= 11 is 0.0287. The van der Waals surface area contributed by atoms with Gasteiger partial charge in [-0.1, -0.05) is 54.6 Å². The molecule has 0 fully saturated rings. The molecule has 0 saturated heterocycles. The predicted molar refractivity (Wildman–Crippen MR) is 90.9 cm³/mol. The molecule has 0 spiro atoms. The van der Waals surface area contributed by atoms with Crippen molar-refractivity contribution in [3.8, 4) is 0 Å². The van der Waals surface area contributed by atoms with Crippen molar-refractivity contribution in [3.63, 3.8) is 0 Å². The van der Waals surface area contributed by atoms with Crippen LogP contribution in [0.1, 0.15) is 0 Å². The van der Waals surface area contributed by atoms with E-state index in [4.69, 9.17) is 0 Å². The molecule has 0 unspecified atom stereocenters. The second-order valence-electron chi connectivity index (χ2n) is 4.62. The zero-order chi connectivity index (χ0) is 17.3. The fourth-order valence-corrected chi connectivity index (χ4v) is 4.72. The summed E-state index contributed by atoms with van der Waals surface area (Å²) in [6, 6.07) is 29.4. The highest BCUT2D eigenvalue weighted by Crippen LogP contribution is 2.09. The molecule has 0 atom stereocenters. The van der Waals surface area contributed by atoms with E-state index in [1.54, 1.807) is 18.2 Å². The van der Waals surface area contributed by atoms with Crippen LogP contribution in [0.5, 0.6) is 0 Å². The summed E-state index contributed by atoms with van der Waals surface area (Å²) in [5, 5.41) is 0. The Morgan fingerprint density at radius 3 is 1.42 bits per heavy atom. The predicted octanol–water partition coefficient (Wildman–Crippen LogP) is 0.837. The molecule has 3 aromatic carbocycles. The molecule has 0 bridgehead atoms. The third-order valence-corrected chi connectivity index (χ3v) is 6.91. The summed E-state index contributed by atoms with van der Waals surface area (Å²) in [6.07, 6.45) is 0. The van der Waals surface area contributed by atoms with Crippen molar-refractivity contribution in [1.29, 1.82) is 0 Å². The summed E-state index contributed by atoms with van der Waals surface area (Å²) in [4.78, 5) is 0.183. The van der Waals surface area contributed by atoms with E-state index in [9.17, 15) is 8.42 Å². The Hall–Kier alpha value is -1.70. The van der Waals surface area contributed by atoms with Crippen molar-refractivity contribution in [2.24, 2.45) is 0 Å². The van der Waals surface area contributed by atoms with Gasteiger partial charge in [-0.2, -0.15) is 8.42 Å². The standard InChI is InChI=1S/C12H10I.C7H8O3S/c1-3-7-11(8-4-1)13-12-9-5-2-6-10-12;1-10-11(8,9)7-5-3-2-4-6-7/h1-10H;2-6H,1H3/q+1;. The largest absolute Gasteiger partial charge is 0.357 e. The first kappa shape index (κ1) is 18.6. The molecule has 0 aliphatic heterocycles. The summed E-state index contributed by atoms with van der Waals surface area (Å²) < 4.78 is 29.2. The van der Waals surface area contributed by atoms with Gasteiger partial charge in [0.05, 0.1) is 12.0 Å². The van der Waals surface area contributed by atoms with E-state index in [-0.39, 0.29) is 26.1 Å². The zero-order valence-corrected chi connectivity index (χ0v) is 16.1. The van der Waals surface area contributed by atoms with Gasteiger partial charge in [0.2, 0.25) is 0 Å². The van der Waals surface area contributed by atoms with Gasteiger partial charge in [-0.25, -0.2) is 0 Å². The van der Waals surface area contributed by atoms with Crippen molar-refractivity contribution in [1.82, 2.24) is 0 Å². The number of halogens is 1. The molecule has 0 aromatic heterocycles. The fraction of sp³-hybridized carbons (Fsp3) is 0.0526. The molecule has 0 aliphatic rings. The van der Waals surface area contributed by atoms with Crippen LogP contribution < -0.4 is 21.2 Å². The molecule has 0 saturated carbocycles. The Balaban J connectivity index is 0.000000177. The molecule has 0 heterocycles. The van der Waals surface area contributed by atoms with Crippen LogP contribution in [0.4, 0.5) is 0 Å². The third-order valence-electron chi connectivity index (χ3n) is 2.94. The van der Waals surface area contributed by atoms with Crippen molar-refractivity contribution >= 4 is 10.1 Å². The molecule has 3 aromatic rings. The number of hydrogen-bond acceptors (Lipinski definition) is 3. The van der Waals surface area contributed by atoms with Crippen LogP contribution in [0.15, 0.2) is 95.9 Å². The molecular weight excluding hydrogens is 435 g/mol. The van der Waals surface area contributed by atoms with Crippen LogP contribution >= 0.6 is 0 Å². The Bertz CT molecular complexity index is 783. The van der Waals surface area contributed by atoms with Crippen molar-refractivity contribution < 1.29 is 33.8 Å². The van der Waals surface area contributed by atoms with Gasteiger partial charge in [0.25, 0.3) is 10.1 Å². The van der Waals surface area contributed by atoms with Gasteiger partial charge < -0.3 is 0 Å². The van der Waals surface area contributed by atoms with Gasteiger partial charge in [0, 0.05) is 0 Å². The van der Waals surface area contributed by atoms with Gasteiger partial charge in [0.15, 0.2) is 7.14 Å². The van der Waals surface area contributed by atoms with Gasteiger partial charge in [-0.05, 0) is 36.4 Å². The zero-order valence-electron chi connectivity index (χ0n) is 13.2. The monoisotopic (exact) mass is 453 g/mol. The topological polar surface area (TPSA) is 43.4 Å². The Kier molecular flexibility index (Phi) is 7.42. The lowest BCUT2D eigenvalue weighted by Gasteiger charge is -1.98. The molecule has 0 aliphatic carbocycles. The van der Waals surface area contributed by atoms with Crippen LogP contribution in [-0.4, -0.2) is 15.5 Å². The van der Waals surface area contributed by atoms with Crippen molar-refractivity contribution in [3.05, 3.63) is 98.1 Å². The maximum atomic E-state index is 11.0. The van der Waals surface area contributed by atoms with E-state index in [0.29, 0.717) is 0 Å². The van der Waals surface area contributed by atoms with E-state index in [0.717, 1.165) is 7.11 Å². The van der Waals surface area contributed by atoms with E-state index in [1.807, 2.05) is 0 Å².